The number of alkyl halides is 2. The minimum atomic E-state index is -3.61. The number of hydrogen-bond acceptors (Lipinski definition) is 4. The van der Waals surface area contributed by atoms with E-state index in [1.54, 1.807) is 0 Å². The fourth-order valence-corrected chi connectivity index (χ4v) is 3.20. The highest BCUT2D eigenvalue weighted by molar-refractivity contribution is 7.92. The highest BCUT2D eigenvalue weighted by Crippen LogP contribution is 2.31. The predicted molar refractivity (Wildman–Crippen MR) is 87.0 cm³/mol. The summed E-state index contributed by atoms with van der Waals surface area (Å²) in [4.78, 5) is 12.2. The number of aryl methyl sites for hydroxylation is 1. The third kappa shape index (κ3) is 3.79. The monoisotopic (exact) mass is 402 g/mol. The number of benzene rings is 1. The lowest BCUT2D eigenvalue weighted by Gasteiger charge is -2.10. The molecular weight excluding hydrogens is 394 g/mol. The van der Waals surface area contributed by atoms with Gasteiger partial charge in [0.2, 0.25) is 10.0 Å². The van der Waals surface area contributed by atoms with Crippen LogP contribution in [-0.4, -0.2) is 29.0 Å². The molecule has 0 spiro atoms. The normalized spacial score (nSPS) is 13.1. The molecule has 0 aliphatic carbocycles. The Hall–Kier alpha value is -1.29. The van der Waals surface area contributed by atoms with E-state index in [1.807, 2.05) is 0 Å². The molecular formula is C11H10Cl3FN4O3S. The van der Waals surface area contributed by atoms with E-state index in [1.165, 1.54) is 19.1 Å². The Balaban J connectivity index is 2.68. The van der Waals surface area contributed by atoms with E-state index in [0.29, 0.717) is 4.57 Å². The van der Waals surface area contributed by atoms with Crippen molar-refractivity contribution in [2.45, 2.75) is 12.7 Å². The van der Waals surface area contributed by atoms with Crippen LogP contribution in [0.25, 0.3) is 5.69 Å². The number of halogens is 4. The summed E-state index contributed by atoms with van der Waals surface area (Å²) in [6.07, 6.45) is 0.934. The van der Waals surface area contributed by atoms with Crippen molar-refractivity contribution in [3.8, 4) is 5.69 Å². The van der Waals surface area contributed by atoms with Crippen LogP contribution in [-0.2, 0) is 10.0 Å². The van der Waals surface area contributed by atoms with Crippen molar-refractivity contribution in [3.05, 3.63) is 38.5 Å². The van der Waals surface area contributed by atoms with E-state index < -0.39 is 21.5 Å². The van der Waals surface area contributed by atoms with E-state index in [0.717, 1.165) is 10.9 Å². The number of aromatic nitrogens is 3. The maximum Gasteiger partial charge on any atom is 0.354 e. The van der Waals surface area contributed by atoms with Gasteiger partial charge >= 0.3 is 5.69 Å². The standard InChI is InChI=1S/C11H10Cl3FN4O3S/c1-5-16-19(11(20)18(5)10(14)15)9-4-8(17-23(2,21)22)6(12)3-7(9)13/h3-4,10,17H,1-2H3. The minimum Gasteiger partial charge on any atom is -0.282 e. The first-order valence-corrected chi connectivity index (χ1v) is 9.03. The zero-order valence-electron chi connectivity index (χ0n) is 11.7. The zero-order chi connectivity index (χ0) is 17.5. The molecule has 2 aromatic rings. The molecule has 0 radical (unpaired) electrons. The lowest BCUT2D eigenvalue weighted by atomic mass is 10.3. The fraction of sp³-hybridized carbons (Fsp3) is 0.273. The van der Waals surface area contributed by atoms with Crippen LogP contribution in [0.15, 0.2) is 16.9 Å². The second-order valence-corrected chi connectivity index (χ2v) is 7.47. The molecule has 1 heterocycles. The van der Waals surface area contributed by atoms with Crippen LogP contribution in [0.5, 0.6) is 0 Å². The molecule has 1 atom stereocenters. The molecule has 12 heteroatoms. The third-order valence-electron chi connectivity index (χ3n) is 2.74. The van der Waals surface area contributed by atoms with Crippen molar-refractivity contribution in [3.63, 3.8) is 0 Å². The Kier molecular flexibility index (Phi) is 4.95. The van der Waals surface area contributed by atoms with Gasteiger partial charge in [-0.25, -0.2) is 22.2 Å². The highest BCUT2D eigenvalue weighted by Gasteiger charge is 2.20. The Morgan fingerprint density at radius 2 is 1.91 bits per heavy atom. The van der Waals surface area contributed by atoms with Gasteiger partial charge in [0.25, 0.3) is 5.75 Å². The molecule has 0 saturated carbocycles. The summed E-state index contributed by atoms with van der Waals surface area (Å²) in [5, 5.41) is 3.91. The highest BCUT2D eigenvalue weighted by atomic mass is 35.5. The smallest absolute Gasteiger partial charge is 0.282 e. The van der Waals surface area contributed by atoms with Crippen molar-refractivity contribution in [1.29, 1.82) is 0 Å². The van der Waals surface area contributed by atoms with E-state index >= 15 is 0 Å². The van der Waals surface area contributed by atoms with E-state index in [9.17, 15) is 17.6 Å². The topological polar surface area (TPSA) is 86.0 Å². The Morgan fingerprint density at radius 1 is 1.30 bits per heavy atom. The SMILES string of the molecule is Cc1nn(-c2cc(NS(C)(=O)=O)c(Cl)cc2Cl)c(=O)n1C(F)Cl. The molecule has 2 rings (SSSR count). The lowest BCUT2D eigenvalue weighted by molar-refractivity contribution is 0.338. The predicted octanol–water partition coefficient (Wildman–Crippen LogP) is 2.69. The number of anilines is 1. The molecule has 0 aliphatic rings. The molecule has 0 aliphatic heterocycles. The molecule has 7 nitrogen and oxygen atoms in total. The van der Waals surface area contributed by atoms with Gasteiger partial charge in [0.15, 0.2) is 0 Å². The summed E-state index contributed by atoms with van der Waals surface area (Å²) in [5.41, 5.74) is -0.860. The van der Waals surface area contributed by atoms with Crippen LogP contribution in [0.3, 0.4) is 0 Å². The molecule has 1 aromatic carbocycles. The molecule has 1 N–H and O–H groups in total. The maximum absolute atomic E-state index is 13.3. The lowest BCUT2D eigenvalue weighted by Crippen LogP contribution is -2.24. The Morgan fingerprint density at radius 3 is 2.39 bits per heavy atom. The number of nitrogens with one attached hydrogen (secondary N) is 1. The molecule has 126 valence electrons. The van der Waals surface area contributed by atoms with Crippen molar-refractivity contribution in [2.24, 2.45) is 0 Å². The fourth-order valence-electron chi connectivity index (χ4n) is 1.84. The average Bonchev–Trinajstić information content (AvgIpc) is 2.66. The largest absolute Gasteiger partial charge is 0.354 e. The van der Waals surface area contributed by atoms with Crippen LogP contribution in [0, 0.1) is 6.92 Å². The van der Waals surface area contributed by atoms with Gasteiger partial charge in [0, 0.05) is 0 Å². The van der Waals surface area contributed by atoms with Crippen molar-refractivity contribution < 1.29 is 12.8 Å². The molecule has 1 unspecified atom stereocenters. The quantitative estimate of drug-likeness (QED) is 0.795. The van der Waals surface area contributed by atoms with Gasteiger partial charge in [-0.05, 0) is 19.1 Å². The molecule has 0 fully saturated rings. The van der Waals surface area contributed by atoms with Crippen LogP contribution in [0.1, 0.15) is 11.6 Å². The first-order valence-electron chi connectivity index (χ1n) is 5.95. The third-order valence-corrected chi connectivity index (χ3v) is 4.14. The van der Waals surface area contributed by atoms with Gasteiger partial charge in [-0.3, -0.25) is 4.72 Å². The maximum atomic E-state index is 13.3. The summed E-state index contributed by atoms with van der Waals surface area (Å²) >= 11 is 17.2. The van der Waals surface area contributed by atoms with E-state index in [4.69, 9.17) is 34.8 Å². The summed E-state index contributed by atoms with van der Waals surface area (Å²) in [7, 11) is -3.61. The van der Waals surface area contributed by atoms with Crippen molar-refractivity contribution in [2.75, 3.05) is 11.0 Å². The van der Waals surface area contributed by atoms with Crippen LogP contribution in [0.4, 0.5) is 10.1 Å². The second-order valence-electron chi connectivity index (χ2n) is 4.55. The second kappa shape index (κ2) is 6.31. The Labute approximate surface area is 145 Å². The van der Waals surface area contributed by atoms with E-state index in [2.05, 4.69) is 9.82 Å². The summed E-state index contributed by atoms with van der Waals surface area (Å²) < 4.78 is 39.6. The van der Waals surface area contributed by atoms with Gasteiger partial charge in [0.1, 0.15) is 5.82 Å². The zero-order valence-corrected chi connectivity index (χ0v) is 14.8. The number of hydrogen-bond donors (Lipinski definition) is 1. The van der Waals surface area contributed by atoms with Gasteiger partial charge in [-0.1, -0.05) is 34.8 Å². The van der Waals surface area contributed by atoms with Gasteiger partial charge in [-0.15, -0.1) is 0 Å². The minimum absolute atomic E-state index is 0.00431. The summed E-state index contributed by atoms with van der Waals surface area (Å²) in [5.74, 6) is -2.09. The van der Waals surface area contributed by atoms with Crippen LogP contribution >= 0.6 is 34.8 Å². The number of sulfonamides is 1. The Bertz CT molecular complexity index is 923. The van der Waals surface area contributed by atoms with Gasteiger partial charge < -0.3 is 0 Å². The van der Waals surface area contributed by atoms with E-state index in [-0.39, 0.29) is 27.2 Å². The first-order chi connectivity index (χ1) is 10.5. The molecule has 1 aromatic heterocycles. The average molecular weight is 404 g/mol. The molecule has 0 saturated heterocycles. The first kappa shape index (κ1) is 18.1. The van der Waals surface area contributed by atoms with Crippen molar-refractivity contribution >= 4 is 50.5 Å². The molecule has 0 bridgehead atoms. The number of rotatable bonds is 4. The number of nitrogens with zero attached hydrogens (tertiary/aromatic N) is 3. The van der Waals surface area contributed by atoms with Crippen molar-refractivity contribution in [1.82, 2.24) is 14.3 Å². The summed E-state index contributed by atoms with van der Waals surface area (Å²) in [6.45, 7) is 1.38. The molecule has 23 heavy (non-hydrogen) atoms. The van der Waals surface area contributed by atoms with Crippen LogP contribution < -0.4 is 10.4 Å². The molecule has 0 amide bonds. The summed E-state index contributed by atoms with van der Waals surface area (Å²) in [6, 6.07) is 2.45. The van der Waals surface area contributed by atoms with Gasteiger partial charge in [-0.2, -0.15) is 9.78 Å². The van der Waals surface area contributed by atoms with Crippen LogP contribution in [0.2, 0.25) is 10.0 Å². The van der Waals surface area contributed by atoms with Gasteiger partial charge in [0.05, 0.1) is 27.7 Å².